The molecule has 2 N–H and O–H groups in total. The van der Waals surface area contributed by atoms with Gasteiger partial charge in [-0.3, -0.25) is 0 Å². The van der Waals surface area contributed by atoms with E-state index in [1.54, 1.807) is 0 Å². The Balaban J connectivity index is 2.54. The number of carbonyl (C=O) groups excluding carboxylic acids is 1. The Bertz CT molecular complexity index is 300. The van der Waals surface area contributed by atoms with Gasteiger partial charge in [0, 0.05) is 0 Å². The Kier molecular flexibility index (Phi) is 4.19. The predicted octanol–water partition coefficient (Wildman–Crippen LogP) is 0.549. The van der Waals surface area contributed by atoms with Crippen molar-refractivity contribution in [2.24, 2.45) is 5.73 Å². The number of carbonyl (C=O) groups is 1. The third-order valence-corrected chi connectivity index (χ3v) is 4.54. The van der Waals surface area contributed by atoms with Crippen molar-refractivity contribution in [2.75, 3.05) is 7.11 Å². The number of rotatable bonds is 3. The van der Waals surface area contributed by atoms with Gasteiger partial charge in [0.15, 0.2) is 0 Å². The van der Waals surface area contributed by atoms with Gasteiger partial charge in [0.2, 0.25) is 0 Å². The first-order valence-electron chi connectivity index (χ1n) is 3.71. The molecule has 72 valence electrons. The Hall–Kier alpha value is -0.0905. The van der Waals surface area contributed by atoms with Crippen molar-refractivity contribution < 1.29 is 9.53 Å². The third-order valence-electron chi connectivity index (χ3n) is 1.55. The average molecular weight is 311 g/mol. The van der Waals surface area contributed by atoms with E-state index in [2.05, 4.69) is 20.7 Å². The van der Waals surface area contributed by atoms with Crippen LogP contribution < -0.4 is 5.73 Å². The zero-order valence-corrected chi connectivity index (χ0v) is 10.4. The van der Waals surface area contributed by atoms with Crippen LogP contribution in [0.5, 0.6) is 0 Å². The van der Waals surface area contributed by atoms with Gasteiger partial charge >= 0.3 is 91.2 Å². The fraction of sp³-hybridized carbons (Fsp3) is 0.375. The minimum atomic E-state index is -0.523. The molecule has 0 fully saturated rings. The standard InChI is InChI=1S/C8H10BrNO2Se/c1-12-8(11)6(10)4-5-2-3-7(9)13-5/h2-3,6H,4,10H2,1H3. The summed E-state index contributed by atoms with van der Waals surface area (Å²) in [6, 6.07) is 3.48. The van der Waals surface area contributed by atoms with Crippen molar-refractivity contribution in [3.8, 4) is 0 Å². The van der Waals surface area contributed by atoms with E-state index < -0.39 is 6.04 Å². The number of hydrogen-bond donors (Lipinski definition) is 1. The van der Waals surface area contributed by atoms with Crippen LogP contribution in [0.1, 0.15) is 4.44 Å². The van der Waals surface area contributed by atoms with Gasteiger partial charge in [-0.2, -0.15) is 0 Å². The number of esters is 1. The zero-order chi connectivity index (χ0) is 9.84. The molecule has 0 amide bonds. The van der Waals surface area contributed by atoms with Crippen molar-refractivity contribution in [1.82, 2.24) is 0 Å². The van der Waals surface area contributed by atoms with Crippen molar-refractivity contribution in [3.63, 3.8) is 0 Å². The van der Waals surface area contributed by atoms with E-state index in [0.717, 1.165) is 0 Å². The first-order chi connectivity index (χ1) is 6.13. The van der Waals surface area contributed by atoms with E-state index in [4.69, 9.17) is 5.73 Å². The Morgan fingerprint density at radius 1 is 1.77 bits per heavy atom. The molecular formula is C8H10BrNO2Se. The monoisotopic (exact) mass is 311 g/mol. The molecular weight excluding hydrogens is 301 g/mol. The summed E-state index contributed by atoms with van der Waals surface area (Å²) in [6.07, 6.45) is 0.596. The molecule has 1 atom stereocenters. The second kappa shape index (κ2) is 4.96. The summed E-state index contributed by atoms with van der Waals surface area (Å²) in [5.41, 5.74) is 5.61. The molecule has 1 aromatic rings. The van der Waals surface area contributed by atoms with E-state index in [1.165, 1.54) is 14.9 Å². The normalized spacial score (nSPS) is 12.5. The molecule has 0 saturated carbocycles. The molecule has 0 bridgehead atoms. The Morgan fingerprint density at radius 2 is 2.46 bits per heavy atom. The van der Waals surface area contributed by atoms with E-state index >= 15 is 0 Å². The summed E-state index contributed by atoms with van der Waals surface area (Å²) >= 11 is 3.71. The molecule has 13 heavy (non-hydrogen) atoms. The topological polar surface area (TPSA) is 52.3 Å². The van der Waals surface area contributed by atoms with Crippen molar-refractivity contribution in [3.05, 3.63) is 19.9 Å². The SMILES string of the molecule is COC(=O)C(N)Cc1ccc(Br)[se]1. The Labute approximate surface area is 91.1 Å². The molecule has 5 heteroatoms. The zero-order valence-electron chi connectivity index (χ0n) is 7.12. The van der Waals surface area contributed by atoms with Crippen LogP contribution in [0.25, 0.3) is 0 Å². The fourth-order valence-corrected chi connectivity index (χ4v) is 3.77. The van der Waals surface area contributed by atoms with Crippen LogP contribution in [0.15, 0.2) is 15.5 Å². The maximum absolute atomic E-state index is 11.0. The molecule has 3 nitrogen and oxygen atoms in total. The summed E-state index contributed by atoms with van der Waals surface area (Å²) in [7, 11) is 1.35. The first-order valence-corrected chi connectivity index (χ1v) is 6.21. The van der Waals surface area contributed by atoms with E-state index in [0.29, 0.717) is 20.9 Å². The van der Waals surface area contributed by atoms with Gasteiger partial charge in [0.05, 0.1) is 0 Å². The van der Waals surface area contributed by atoms with Crippen LogP contribution in [0.2, 0.25) is 0 Å². The molecule has 0 aliphatic rings. The summed E-state index contributed by atoms with van der Waals surface area (Å²) in [6.45, 7) is 0. The second-order valence-corrected chi connectivity index (χ2v) is 7.03. The third kappa shape index (κ3) is 3.27. The summed E-state index contributed by atoms with van der Waals surface area (Å²) in [4.78, 5) is 11.0. The molecule has 0 saturated heterocycles. The molecule has 0 aliphatic carbocycles. The van der Waals surface area contributed by atoms with Gasteiger partial charge in [0.1, 0.15) is 0 Å². The Morgan fingerprint density at radius 3 is 2.92 bits per heavy atom. The number of nitrogens with two attached hydrogens (primary N) is 1. The van der Waals surface area contributed by atoms with E-state index in [-0.39, 0.29) is 5.97 Å². The molecule has 0 aromatic carbocycles. The van der Waals surface area contributed by atoms with Crippen LogP contribution in [0, 0.1) is 0 Å². The van der Waals surface area contributed by atoms with Crippen molar-refractivity contribution >= 4 is 36.4 Å². The van der Waals surface area contributed by atoms with Gasteiger partial charge < -0.3 is 0 Å². The number of halogens is 1. The second-order valence-electron chi connectivity index (χ2n) is 2.54. The average Bonchev–Trinajstić information content (AvgIpc) is 2.49. The van der Waals surface area contributed by atoms with Crippen LogP contribution in [-0.2, 0) is 16.0 Å². The van der Waals surface area contributed by atoms with Gasteiger partial charge in [-0.1, -0.05) is 0 Å². The number of methoxy groups -OCH3 is 1. The molecule has 1 unspecified atom stereocenters. The quantitative estimate of drug-likeness (QED) is 0.655. The fourth-order valence-electron chi connectivity index (χ4n) is 0.913. The molecule has 1 aromatic heterocycles. The molecule has 0 aliphatic heterocycles. The molecule has 0 radical (unpaired) electrons. The summed E-state index contributed by atoms with van der Waals surface area (Å²) < 4.78 is 6.94. The predicted molar refractivity (Wildman–Crippen MR) is 54.8 cm³/mol. The summed E-state index contributed by atoms with van der Waals surface area (Å²) in [5.74, 6) is -0.347. The molecule has 1 heterocycles. The van der Waals surface area contributed by atoms with Gasteiger partial charge in [0.25, 0.3) is 0 Å². The van der Waals surface area contributed by atoms with Crippen LogP contribution >= 0.6 is 15.9 Å². The van der Waals surface area contributed by atoms with E-state index in [1.807, 2.05) is 12.1 Å². The van der Waals surface area contributed by atoms with Crippen molar-refractivity contribution in [1.29, 1.82) is 0 Å². The van der Waals surface area contributed by atoms with Crippen LogP contribution in [-0.4, -0.2) is 33.6 Å². The minimum absolute atomic E-state index is 0.311. The van der Waals surface area contributed by atoms with Crippen LogP contribution in [0.4, 0.5) is 0 Å². The molecule has 1 rings (SSSR count). The number of ether oxygens (including phenoxy) is 1. The van der Waals surface area contributed by atoms with Gasteiger partial charge in [-0.15, -0.1) is 0 Å². The van der Waals surface area contributed by atoms with Crippen LogP contribution in [0.3, 0.4) is 0 Å². The van der Waals surface area contributed by atoms with Crippen molar-refractivity contribution in [2.45, 2.75) is 12.5 Å². The van der Waals surface area contributed by atoms with E-state index in [9.17, 15) is 4.79 Å². The maximum atomic E-state index is 11.0. The van der Waals surface area contributed by atoms with Gasteiger partial charge in [-0.25, -0.2) is 0 Å². The summed E-state index contributed by atoms with van der Waals surface area (Å²) in [5, 5.41) is 0. The number of hydrogen-bond acceptors (Lipinski definition) is 3. The molecule has 0 spiro atoms. The van der Waals surface area contributed by atoms with Gasteiger partial charge in [-0.05, 0) is 0 Å². The first kappa shape index (κ1) is 11.0.